The third-order valence-corrected chi connectivity index (χ3v) is 15.0. The molecule has 0 radical (unpaired) electrons. The SMILES string of the molecule is CCCCCCCCCCCC(=O)OC(C(=O)NCCCCP(=O)(O)O)C(OC(=O)CCCCCCCCCCC)C(OC(=O)CCCCCCCCCCC)C(OC(=O)CCCCCCCCCCC)C(=O)OCCOC. The van der Waals surface area contributed by atoms with Crippen molar-refractivity contribution < 1.29 is 71.5 Å². The van der Waals surface area contributed by atoms with Crippen LogP contribution < -0.4 is 5.32 Å². The molecule has 0 heterocycles. The van der Waals surface area contributed by atoms with Gasteiger partial charge in [-0.05, 0) is 38.5 Å². The third-order valence-electron chi connectivity index (χ3n) is 14.1. The van der Waals surface area contributed by atoms with E-state index >= 15 is 0 Å². The average Bonchev–Trinajstić information content (AvgIpc) is 3.40. The Morgan fingerprint density at radius 1 is 0.385 bits per heavy atom. The number of hydrogen-bond acceptors (Lipinski definition) is 13. The van der Waals surface area contributed by atoms with Crippen LogP contribution in [0.25, 0.3) is 0 Å². The van der Waals surface area contributed by atoms with E-state index in [1.54, 1.807) is 0 Å². The van der Waals surface area contributed by atoms with Gasteiger partial charge >= 0.3 is 37.4 Å². The molecule has 0 saturated carbocycles. The molecule has 0 fully saturated rings. The van der Waals surface area contributed by atoms with Gasteiger partial charge in [0.2, 0.25) is 12.2 Å². The predicted molar refractivity (Wildman–Crippen MR) is 309 cm³/mol. The second-order valence-electron chi connectivity index (χ2n) is 21.6. The highest BCUT2D eigenvalue weighted by Gasteiger charge is 2.50. The van der Waals surface area contributed by atoms with Gasteiger partial charge in [-0.3, -0.25) is 28.5 Å². The molecule has 17 heteroatoms. The summed E-state index contributed by atoms with van der Waals surface area (Å²) >= 11 is 0. The predicted octanol–water partition coefficient (Wildman–Crippen LogP) is 14.6. The van der Waals surface area contributed by atoms with Crippen LogP contribution in [0.3, 0.4) is 0 Å². The van der Waals surface area contributed by atoms with Crippen LogP contribution in [-0.2, 0) is 61.8 Å². The maximum absolute atomic E-state index is 14.6. The van der Waals surface area contributed by atoms with Crippen LogP contribution in [0.15, 0.2) is 0 Å². The van der Waals surface area contributed by atoms with Gasteiger partial charge in [-0.2, -0.15) is 0 Å². The summed E-state index contributed by atoms with van der Waals surface area (Å²) in [6.07, 6.45) is 26.5. The molecule has 458 valence electrons. The van der Waals surface area contributed by atoms with E-state index in [-0.39, 0.29) is 58.3 Å². The number of carbonyl (C=O) groups is 6. The molecule has 0 saturated heterocycles. The van der Waals surface area contributed by atoms with Crippen molar-refractivity contribution in [1.29, 1.82) is 0 Å². The molecule has 16 nitrogen and oxygen atoms in total. The molecule has 0 aromatic carbocycles. The fourth-order valence-electron chi connectivity index (χ4n) is 9.33. The molecule has 4 unspecified atom stereocenters. The summed E-state index contributed by atoms with van der Waals surface area (Å²) < 4.78 is 46.6. The first-order chi connectivity index (χ1) is 37.7. The van der Waals surface area contributed by atoms with Gasteiger partial charge in [-0.15, -0.1) is 0 Å². The van der Waals surface area contributed by atoms with Crippen LogP contribution in [0.2, 0.25) is 0 Å². The van der Waals surface area contributed by atoms with Crippen molar-refractivity contribution in [3.63, 3.8) is 0 Å². The Kier molecular flexibility index (Phi) is 51.2. The van der Waals surface area contributed by atoms with Crippen LogP contribution in [0.5, 0.6) is 0 Å². The van der Waals surface area contributed by atoms with Crippen molar-refractivity contribution in [2.75, 3.05) is 33.0 Å². The summed E-state index contributed by atoms with van der Waals surface area (Å²) in [6.45, 7) is 8.26. The Labute approximate surface area is 473 Å². The molecule has 4 atom stereocenters. The number of nitrogens with one attached hydrogen (secondary N) is 1. The minimum absolute atomic E-state index is 0.0332. The van der Waals surface area contributed by atoms with Crippen LogP contribution in [0, 0.1) is 0 Å². The molecule has 0 spiro atoms. The average molecular weight is 1130 g/mol. The second-order valence-corrected chi connectivity index (χ2v) is 23.4. The molecule has 1 amide bonds. The Hall–Kier alpha value is -3.07. The van der Waals surface area contributed by atoms with E-state index in [0.29, 0.717) is 38.5 Å². The normalized spacial score (nSPS) is 13.1. The highest BCUT2D eigenvalue weighted by Crippen LogP contribution is 2.35. The van der Waals surface area contributed by atoms with Crippen molar-refractivity contribution >= 4 is 43.3 Å². The summed E-state index contributed by atoms with van der Waals surface area (Å²) in [5.41, 5.74) is 0. The first-order valence-corrected chi connectivity index (χ1v) is 33.3. The molecule has 0 aliphatic carbocycles. The fourth-order valence-corrected chi connectivity index (χ4v) is 9.96. The van der Waals surface area contributed by atoms with E-state index in [9.17, 15) is 43.1 Å². The molecule has 0 aromatic heterocycles. The lowest BCUT2D eigenvalue weighted by molar-refractivity contribution is -0.207. The third kappa shape index (κ3) is 45.6. The van der Waals surface area contributed by atoms with Crippen molar-refractivity contribution in [2.45, 2.75) is 322 Å². The van der Waals surface area contributed by atoms with Crippen molar-refractivity contribution in [3.8, 4) is 0 Å². The van der Waals surface area contributed by atoms with Crippen LogP contribution >= 0.6 is 7.60 Å². The highest BCUT2D eigenvalue weighted by molar-refractivity contribution is 7.51. The standard InChI is InChI=1S/C61H114NO15P/c1-6-10-14-18-22-26-30-34-38-44-52(63)74-56(58(60(67)62-48-42-43-51-78(69,70)71)76-54(65)46-40-36-32-28-24-20-16-12-8-3)57(75-53(64)45-39-35-31-27-23-19-15-11-7-2)59(61(68)73-50-49-72-5)77-55(66)47-41-37-33-29-25-21-17-13-9-4/h56-59H,6-51H2,1-5H3,(H,62,67)(H2,69,70,71). The highest BCUT2D eigenvalue weighted by atomic mass is 31.2. The van der Waals surface area contributed by atoms with E-state index in [0.717, 1.165) is 141 Å². The largest absolute Gasteiger partial charge is 0.460 e. The fraction of sp³-hybridized carbons (Fsp3) is 0.902. The minimum atomic E-state index is -4.33. The van der Waals surface area contributed by atoms with Crippen LogP contribution in [0.1, 0.15) is 297 Å². The maximum Gasteiger partial charge on any atom is 0.351 e. The zero-order valence-corrected chi connectivity index (χ0v) is 50.9. The lowest BCUT2D eigenvalue weighted by Gasteiger charge is -2.35. The van der Waals surface area contributed by atoms with Gasteiger partial charge in [-0.1, -0.05) is 233 Å². The Bertz CT molecular complexity index is 1540. The number of methoxy groups -OCH3 is 1. The Balaban J connectivity index is 7.26. The van der Waals surface area contributed by atoms with Gasteiger partial charge in [-0.25, -0.2) is 4.79 Å². The molecule has 0 rings (SSSR count). The van der Waals surface area contributed by atoms with E-state index < -0.39 is 73.9 Å². The van der Waals surface area contributed by atoms with Crippen molar-refractivity contribution in [2.24, 2.45) is 0 Å². The van der Waals surface area contributed by atoms with Gasteiger partial charge in [0.1, 0.15) is 6.61 Å². The monoisotopic (exact) mass is 1130 g/mol. The molecule has 3 N–H and O–H groups in total. The van der Waals surface area contributed by atoms with Gasteiger partial charge < -0.3 is 43.5 Å². The second kappa shape index (κ2) is 53.3. The first kappa shape index (κ1) is 74.9. The number of rotatable bonds is 57. The van der Waals surface area contributed by atoms with E-state index in [2.05, 4.69) is 33.0 Å². The number of unbranched alkanes of at least 4 members (excludes halogenated alkanes) is 33. The summed E-state index contributed by atoms with van der Waals surface area (Å²) in [7, 11) is -2.92. The van der Waals surface area contributed by atoms with E-state index in [4.69, 9.17) is 28.4 Å². The number of ether oxygens (including phenoxy) is 6. The molecule has 0 bridgehead atoms. The van der Waals surface area contributed by atoms with E-state index in [1.165, 1.54) is 58.5 Å². The number of hydrogen-bond donors (Lipinski definition) is 3. The van der Waals surface area contributed by atoms with Gasteiger partial charge in [0.15, 0.2) is 12.2 Å². The van der Waals surface area contributed by atoms with Gasteiger partial charge in [0.05, 0.1) is 6.61 Å². The number of amides is 1. The molecule has 0 aliphatic heterocycles. The minimum Gasteiger partial charge on any atom is -0.460 e. The van der Waals surface area contributed by atoms with Crippen LogP contribution in [0.4, 0.5) is 0 Å². The summed E-state index contributed by atoms with van der Waals surface area (Å²) in [6, 6.07) is 0. The zero-order chi connectivity index (χ0) is 57.8. The summed E-state index contributed by atoms with van der Waals surface area (Å²) in [5, 5.41) is 2.66. The molecule has 0 aliphatic rings. The van der Waals surface area contributed by atoms with Crippen molar-refractivity contribution in [1.82, 2.24) is 5.32 Å². The lowest BCUT2D eigenvalue weighted by atomic mass is 10.00. The topological polar surface area (TPSA) is 227 Å². The Morgan fingerprint density at radius 3 is 1.00 bits per heavy atom. The molecule has 0 aromatic rings. The van der Waals surface area contributed by atoms with Gasteiger partial charge in [0, 0.05) is 45.5 Å². The molecule has 78 heavy (non-hydrogen) atoms. The van der Waals surface area contributed by atoms with Crippen LogP contribution in [-0.4, -0.2) is 103 Å². The summed E-state index contributed by atoms with van der Waals surface area (Å²) in [4.78, 5) is 104. The molecular weight excluding hydrogens is 1020 g/mol. The Morgan fingerprint density at radius 2 is 0.679 bits per heavy atom. The van der Waals surface area contributed by atoms with Gasteiger partial charge in [0.25, 0.3) is 5.91 Å². The van der Waals surface area contributed by atoms with E-state index in [1.807, 2.05) is 0 Å². The number of esters is 5. The zero-order valence-electron chi connectivity index (χ0n) is 50.0. The summed E-state index contributed by atoms with van der Waals surface area (Å²) in [5.74, 6) is -5.36. The number of carbonyl (C=O) groups excluding carboxylic acids is 6. The first-order valence-electron chi connectivity index (χ1n) is 31.5. The lowest BCUT2D eigenvalue weighted by Crippen LogP contribution is -2.58. The van der Waals surface area contributed by atoms with Crippen molar-refractivity contribution in [3.05, 3.63) is 0 Å². The quantitative estimate of drug-likeness (QED) is 0.0223. The molecular formula is C61H114NO15P. The smallest absolute Gasteiger partial charge is 0.351 e. The maximum atomic E-state index is 14.6.